The van der Waals surface area contributed by atoms with Crippen molar-refractivity contribution in [3.63, 3.8) is 0 Å². The number of aromatic nitrogens is 4. The molecule has 9 heteroatoms. The fourth-order valence-corrected chi connectivity index (χ4v) is 2.87. The Morgan fingerprint density at radius 2 is 1.85 bits per heavy atom. The van der Waals surface area contributed by atoms with Crippen molar-refractivity contribution >= 4 is 5.82 Å². The molecule has 0 spiro atoms. The molecule has 1 aliphatic heterocycles. The van der Waals surface area contributed by atoms with E-state index in [-0.39, 0.29) is 11.7 Å². The molecule has 1 saturated heterocycles. The Kier molecular flexibility index (Phi) is 4.44. The van der Waals surface area contributed by atoms with E-state index in [1.54, 1.807) is 18.6 Å². The summed E-state index contributed by atoms with van der Waals surface area (Å²) in [5, 5.41) is 4.22. The van der Waals surface area contributed by atoms with Gasteiger partial charge >= 0.3 is 5.76 Å². The molecule has 0 aliphatic carbocycles. The number of nitrogens with zero attached hydrogens (tertiary/aromatic N) is 6. The van der Waals surface area contributed by atoms with Crippen LogP contribution in [0.3, 0.4) is 0 Å². The summed E-state index contributed by atoms with van der Waals surface area (Å²) in [5.74, 6) is 0.162. The molecule has 0 bridgehead atoms. The SMILES string of the molecule is O=c1oc(-c2ccc(F)cc2)nn1CN1CCN(c2cnccn2)CC1. The smallest absolute Gasteiger partial charge is 0.388 e. The van der Waals surface area contributed by atoms with Crippen molar-refractivity contribution in [1.82, 2.24) is 24.6 Å². The van der Waals surface area contributed by atoms with Crippen LogP contribution in [-0.4, -0.2) is 50.8 Å². The Labute approximate surface area is 148 Å². The quantitative estimate of drug-likeness (QED) is 0.695. The van der Waals surface area contributed by atoms with Gasteiger partial charge in [0.05, 0.1) is 6.20 Å². The minimum atomic E-state index is -0.527. The van der Waals surface area contributed by atoms with E-state index in [2.05, 4.69) is 24.9 Å². The first-order valence-corrected chi connectivity index (χ1v) is 8.26. The van der Waals surface area contributed by atoms with Crippen LogP contribution in [0.2, 0.25) is 0 Å². The first-order valence-electron chi connectivity index (χ1n) is 8.26. The van der Waals surface area contributed by atoms with Crippen LogP contribution in [0.5, 0.6) is 0 Å². The molecule has 4 rings (SSSR count). The summed E-state index contributed by atoms with van der Waals surface area (Å²) in [7, 11) is 0. The van der Waals surface area contributed by atoms with Crippen LogP contribution in [0.15, 0.2) is 52.1 Å². The van der Waals surface area contributed by atoms with Crippen LogP contribution >= 0.6 is 0 Å². The van der Waals surface area contributed by atoms with E-state index in [1.165, 1.54) is 28.9 Å². The van der Waals surface area contributed by atoms with E-state index in [9.17, 15) is 9.18 Å². The van der Waals surface area contributed by atoms with E-state index in [0.717, 1.165) is 32.0 Å². The number of benzene rings is 1. The fraction of sp³-hybridized carbons (Fsp3) is 0.294. The highest BCUT2D eigenvalue weighted by molar-refractivity contribution is 5.51. The van der Waals surface area contributed by atoms with E-state index in [4.69, 9.17) is 4.42 Å². The Morgan fingerprint density at radius 1 is 1.08 bits per heavy atom. The number of hydrogen-bond donors (Lipinski definition) is 0. The molecule has 0 radical (unpaired) electrons. The molecule has 134 valence electrons. The minimum Gasteiger partial charge on any atom is -0.388 e. The summed E-state index contributed by atoms with van der Waals surface area (Å²) in [6, 6.07) is 5.68. The van der Waals surface area contributed by atoms with Gasteiger partial charge in [-0.2, -0.15) is 4.68 Å². The molecule has 26 heavy (non-hydrogen) atoms. The lowest BCUT2D eigenvalue weighted by molar-refractivity contribution is 0.189. The maximum absolute atomic E-state index is 13.0. The Balaban J connectivity index is 1.41. The van der Waals surface area contributed by atoms with Crippen LogP contribution in [0.1, 0.15) is 0 Å². The molecule has 1 fully saturated rings. The topological polar surface area (TPSA) is 80.3 Å². The van der Waals surface area contributed by atoms with Gasteiger partial charge in [-0.3, -0.25) is 9.88 Å². The van der Waals surface area contributed by atoms with Gasteiger partial charge in [0.1, 0.15) is 18.3 Å². The maximum atomic E-state index is 13.0. The molecule has 0 atom stereocenters. The molecular formula is C17H17FN6O2. The van der Waals surface area contributed by atoms with Crippen molar-refractivity contribution in [2.24, 2.45) is 0 Å². The number of piperazine rings is 1. The fourth-order valence-electron chi connectivity index (χ4n) is 2.87. The van der Waals surface area contributed by atoms with Crippen LogP contribution < -0.4 is 10.7 Å². The van der Waals surface area contributed by atoms with E-state index >= 15 is 0 Å². The van der Waals surface area contributed by atoms with Crippen molar-refractivity contribution in [2.75, 3.05) is 31.1 Å². The third kappa shape index (κ3) is 3.47. The lowest BCUT2D eigenvalue weighted by Gasteiger charge is -2.34. The van der Waals surface area contributed by atoms with Gasteiger partial charge in [0.25, 0.3) is 0 Å². The molecule has 8 nitrogen and oxygen atoms in total. The highest BCUT2D eigenvalue weighted by Gasteiger charge is 2.20. The van der Waals surface area contributed by atoms with Crippen molar-refractivity contribution in [2.45, 2.75) is 6.67 Å². The third-order valence-electron chi connectivity index (χ3n) is 4.28. The van der Waals surface area contributed by atoms with E-state index in [1.807, 2.05) is 0 Å². The van der Waals surface area contributed by atoms with Gasteiger partial charge in [0.2, 0.25) is 5.89 Å². The summed E-state index contributed by atoms with van der Waals surface area (Å²) in [4.78, 5) is 24.7. The summed E-state index contributed by atoms with van der Waals surface area (Å²) < 4.78 is 19.5. The number of hydrogen-bond acceptors (Lipinski definition) is 7. The van der Waals surface area contributed by atoms with Crippen molar-refractivity contribution in [3.8, 4) is 11.5 Å². The maximum Gasteiger partial charge on any atom is 0.438 e. The average Bonchev–Trinajstić information content (AvgIpc) is 3.04. The van der Waals surface area contributed by atoms with Crippen molar-refractivity contribution < 1.29 is 8.81 Å². The molecular weight excluding hydrogens is 339 g/mol. The molecule has 2 aromatic heterocycles. The van der Waals surface area contributed by atoms with Gasteiger partial charge in [-0.05, 0) is 24.3 Å². The minimum absolute atomic E-state index is 0.188. The highest BCUT2D eigenvalue weighted by Crippen LogP contribution is 2.16. The largest absolute Gasteiger partial charge is 0.438 e. The van der Waals surface area contributed by atoms with Crippen LogP contribution in [0, 0.1) is 5.82 Å². The third-order valence-corrected chi connectivity index (χ3v) is 4.28. The highest BCUT2D eigenvalue weighted by atomic mass is 19.1. The lowest BCUT2D eigenvalue weighted by Crippen LogP contribution is -2.48. The van der Waals surface area contributed by atoms with Gasteiger partial charge in [0, 0.05) is 44.1 Å². The van der Waals surface area contributed by atoms with E-state index < -0.39 is 5.76 Å². The standard InChI is InChI=1S/C17H17FN6O2/c18-14-3-1-13(2-4-14)16-21-24(17(25)26-16)12-22-7-9-23(10-8-22)15-11-19-5-6-20-15/h1-6,11H,7-10,12H2. The Bertz CT molecular complexity index is 916. The van der Waals surface area contributed by atoms with Crippen molar-refractivity contribution in [1.29, 1.82) is 0 Å². The summed E-state index contributed by atoms with van der Waals surface area (Å²) in [6.07, 6.45) is 5.07. The van der Waals surface area contributed by atoms with Gasteiger partial charge < -0.3 is 9.32 Å². The summed E-state index contributed by atoms with van der Waals surface area (Å²) in [5.41, 5.74) is 0.565. The van der Waals surface area contributed by atoms with Crippen LogP contribution in [0.25, 0.3) is 11.5 Å². The van der Waals surface area contributed by atoms with Gasteiger partial charge in [-0.15, -0.1) is 5.10 Å². The molecule has 1 aromatic carbocycles. The van der Waals surface area contributed by atoms with Gasteiger partial charge in [-0.25, -0.2) is 14.2 Å². The van der Waals surface area contributed by atoms with E-state index in [0.29, 0.717) is 12.2 Å². The predicted octanol–water partition coefficient (Wildman–Crippen LogP) is 1.21. The molecule has 3 heterocycles. The van der Waals surface area contributed by atoms with Crippen LogP contribution in [-0.2, 0) is 6.67 Å². The number of anilines is 1. The monoisotopic (exact) mass is 356 g/mol. The lowest BCUT2D eigenvalue weighted by atomic mass is 10.2. The summed E-state index contributed by atoms with van der Waals surface area (Å²) >= 11 is 0. The summed E-state index contributed by atoms with van der Waals surface area (Å²) in [6.45, 7) is 3.45. The Morgan fingerprint density at radius 3 is 2.54 bits per heavy atom. The average molecular weight is 356 g/mol. The molecule has 0 amide bonds. The first kappa shape index (κ1) is 16.4. The van der Waals surface area contributed by atoms with Crippen molar-refractivity contribution in [3.05, 3.63) is 59.2 Å². The predicted molar refractivity (Wildman–Crippen MR) is 92.0 cm³/mol. The van der Waals surface area contributed by atoms with Crippen LogP contribution in [0.4, 0.5) is 10.2 Å². The number of rotatable bonds is 4. The zero-order chi connectivity index (χ0) is 17.9. The van der Waals surface area contributed by atoms with Gasteiger partial charge in [0.15, 0.2) is 0 Å². The first-order chi connectivity index (χ1) is 12.7. The second-order valence-electron chi connectivity index (χ2n) is 5.99. The van der Waals surface area contributed by atoms with Gasteiger partial charge in [-0.1, -0.05) is 0 Å². The Hall–Kier alpha value is -3.07. The normalized spacial score (nSPS) is 15.3. The second kappa shape index (κ2) is 7.04. The molecule has 0 N–H and O–H groups in total. The molecule has 1 aliphatic rings. The number of halogens is 1. The zero-order valence-electron chi connectivity index (χ0n) is 14.0. The zero-order valence-corrected chi connectivity index (χ0v) is 14.0. The molecule has 0 saturated carbocycles. The second-order valence-corrected chi connectivity index (χ2v) is 5.99. The molecule has 3 aromatic rings. The molecule has 0 unspecified atom stereocenters.